The molecular formula is C22H27N5OS. The average Bonchev–Trinajstić information content (AvgIpc) is 3.07. The van der Waals surface area contributed by atoms with E-state index in [-0.39, 0.29) is 12.5 Å². The topological polar surface area (TPSA) is 66.0 Å². The van der Waals surface area contributed by atoms with E-state index < -0.39 is 0 Å². The molecule has 29 heavy (non-hydrogen) atoms. The van der Waals surface area contributed by atoms with Gasteiger partial charge in [-0.25, -0.2) is 0 Å². The van der Waals surface area contributed by atoms with Crippen molar-refractivity contribution in [1.29, 1.82) is 0 Å². The van der Waals surface area contributed by atoms with Gasteiger partial charge in [-0.1, -0.05) is 60.2 Å². The molecule has 0 atom stereocenters. The lowest BCUT2D eigenvalue weighted by molar-refractivity contribution is -0.121. The molecule has 0 saturated carbocycles. The number of benzene rings is 2. The van der Waals surface area contributed by atoms with Crippen molar-refractivity contribution < 1.29 is 4.79 Å². The van der Waals surface area contributed by atoms with Gasteiger partial charge in [0.05, 0.1) is 0 Å². The fraction of sp³-hybridized carbons (Fsp3) is 0.318. The van der Waals surface area contributed by atoms with Crippen LogP contribution in [0.4, 0.5) is 0 Å². The van der Waals surface area contributed by atoms with E-state index in [1.807, 2.05) is 37.3 Å². The first-order chi connectivity index (χ1) is 14.0. The number of nitrogens with one attached hydrogen (secondary N) is 2. The molecule has 0 saturated heterocycles. The summed E-state index contributed by atoms with van der Waals surface area (Å²) in [6.07, 6.45) is 0.886. The third-order valence-corrected chi connectivity index (χ3v) is 5.02. The van der Waals surface area contributed by atoms with Gasteiger partial charge in [-0.3, -0.25) is 14.5 Å². The van der Waals surface area contributed by atoms with Crippen LogP contribution in [0.15, 0.2) is 54.6 Å². The predicted molar refractivity (Wildman–Crippen MR) is 118 cm³/mol. The van der Waals surface area contributed by atoms with Gasteiger partial charge in [0.25, 0.3) is 0 Å². The second-order valence-corrected chi connectivity index (χ2v) is 7.62. The Labute approximate surface area is 176 Å². The standard InChI is InChI=1S/C22H27N5OS/c1-17-9-11-19(12-10-17)21-24-25-22(29)27(21)16-20(28)23-13-6-14-26(2)15-18-7-4-3-5-8-18/h3-5,7-12H,6,13-16H2,1-2H3,(H,23,28)(H,25,29). The minimum absolute atomic E-state index is 0.0680. The molecule has 0 spiro atoms. The minimum atomic E-state index is -0.0680. The highest BCUT2D eigenvalue weighted by Crippen LogP contribution is 2.17. The largest absolute Gasteiger partial charge is 0.355 e. The van der Waals surface area contributed by atoms with Crippen LogP contribution >= 0.6 is 12.2 Å². The van der Waals surface area contributed by atoms with Crippen LogP contribution in [0.1, 0.15) is 17.5 Å². The number of carbonyl (C=O) groups is 1. The first-order valence-corrected chi connectivity index (χ1v) is 10.1. The van der Waals surface area contributed by atoms with E-state index in [2.05, 4.69) is 51.7 Å². The van der Waals surface area contributed by atoms with Crippen molar-refractivity contribution in [3.8, 4) is 11.4 Å². The van der Waals surface area contributed by atoms with Crippen molar-refractivity contribution >= 4 is 18.1 Å². The molecule has 2 N–H and O–H groups in total. The number of carbonyl (C=O) groups excluding carboxylic acids is 1. The van der Waals surface area contributed by atoms with E-state index >= 15 is 0 Å². The van der Waals surface area contributed by atoms with Gasteiger partial charge in [0.15, 0.2) is 10.6 Å². The Morgan fingerprint density at radius 1 is 1.17 bits per heavy atom. The maximum atomic E-state index is 12.4. The van der Waals surface area contributed by atoms with Crippen LogP contribution in [0.25, 0.3) is 11.4 Å². The van der Waals surface area contributed by atoms with Crippen molar-refractivity contribution in [1.82, 2.24) is 25.0 Å². The lowest BCUT2D eigenvalue weighted by Crippen LogP contribution is -2.31. The molecule has 0 unspecified atom stereocenters. The second-order valence-electron chi connectivity index (χ2n) is 7.23. The van der Waals surface area contributed by atoms with Gasteiger partial charge < -0.3 is 10.2 Å². The Hall–Kier alpha value is -2.77. The molecule has 0 aliphatic carbocycles. The summed E-state index contributed by atoms with van der Waals surface area (Å²) < 4.78 is 2.18. The van der Waals surface area contributed by atoms with Crippen LogP contribution in [0.3, 0.4) is 0 Å². The zero-order valence-electron chi connectivity index (χ0n) is 16.9. The summed E-state index contributed by atoms with van der Waals surface area (Å²) in [6, 6.07) is 18.4. The zero-order chi connectivity index (χ0) is 20.6. The average molecular weight is 410 g/mol. The highest BCUT2D eigenvalue weighted by atomic mass is 32.1. The van der Waals surface area contributed by atoms with Gasteiger partial charge in [0.2, 0.25) is 5.91 Å². The quantitative estimate of drug-likeness (QED) is 0.419. The molecule has 0 fully saturated rings. The van der Waals surface area contributed by atoms with Crippen LogP contribution in [0.2, 0.25) is 0 Å². The van der Waals surface area contributed by atoms with Crippen LogP contribution in [-0.2, 0) is 17.9 Å². The number of nitrogens with zero attached hydrogens (tertiary/aromatic N) is 3. The summed E-state index contributed by atoms with van der Waals surface area (Å²) in [5.74, 6) is 0.606. The molecule has 3 rings (SSSR count). The summed E-state index contributed by atoms with van der Waals surface area (Å²) in [5.41, 5.74) is 3.39. The lowest BCUT2D eigenvalue weighted by Gasteiger charge is -2.16. The third kappa shape index (κ3) is 6.10. The highest BCUT2D eigenvalue weighted by molar-refractivity contribution is 7.71. The van der Waals surface area contributed by atoms with Crippen molar-refractivity contribution in [2.24, 2.45) is 0 Å². The van der Waals surface area contributed by atoms with Gasteiger partial charge in [0.1, 0.15) is 6.54 Å². The number of aromatic amines is 1. The zero-order valence-corrected chi connectivity index (χ0v) is 17.7. The first-order valence-electron chi connectivity index (χ1n) is 9.74. The third-order valence-electron chi connectivity index (χ3n) is 4.70. The molecule has 0 aliphatic rings. The molecule has 0 bridgehead atoms. The van der Waals surface area contributed by atoms with Crippen molar-refractivity contribution in [2.75, 3.05) is 20.1 Å². The molecule has 152 valence electrons. The Bertz CT molecular complexity index is 978. The normalized spacial score (nSPS) is 11.0. The number of H-pyrrole nitrogens is 1. The van der Waals surface area contributed by atoms with Crippen molar-refractivity contribution in [3.05, 3.63) is 70.5 Å². The predicted octanol–water partition coefficient (Wildman–Crippen LogP) is 3.55. The molecule has 6 nitrogen and oxygen atoms in total. The number of rotatable bonds is 9. The Kier molecular flexibility index (Phi) is 7.32. The molecule has 7 heteroatoms. The van der Waals surface area contributed by atoms with Gasteiger partial charge in [-0.05, 0) is 44.7 Å². The minimum Gasteiger partial charge on any atom is -0.355 e. The first kappa shape index (κ1) is 21.0. The van der Waals surface area contributed by atoms with E-state index in [0.29, 0.717) is 17.1 Å². The van der Waals surface area contributed by atoms with Gasteiger partial charge in [-0.15, -0.1) is 0 Å². The fourth-order valence-corrected chi connectivity index (χ4v) is 3.33. The number of aromatic nitrogens is 3. The van der Waals surface area contributed by atoms with Crippen LogP contribution in [0, 0.1) is 11.7 Å². The van der Waals surface area contributed by atoms with Crippen LogP contribution in [0.5, 0.6) is 0 Å². The van der Waals surface area contributed by atoms with Crippen LogP contribution in [-0.4, -0.2) is 45.7 Å². The molecule has 1 heterocycles. The monoisotopic (exact) mass is 409 g/mol. The molecule has 2 aromatic carbocycles. The molecule has 0 aliphatic heterocycles. The van der Waals surface area contributed by atoms with Crippen molar-refractivity contribution in [3.63, 3.8) is 0 Å². The number of hydrogen-bond donors (Lipinski definition) is 2. The molecule has 1 aromatic heterocycles. The Morgan fingerprint density at radius 2 is 1.90 bits per heavy atom. The maximum absolute atomic E-state index is 12.4. The van der Waals surface area contributed by atoms with Gasteiger partial charge in [-0.2, -0.15) is 5.10 Å². The summed E-state index contributed by atoms with van der Waals surface area (Å²) in [6.45, 7) is 4.63. The van der Waals surface area contributed by atoms with E-state index in [9.17, 15) is 4.79 Å². The molecular weight excluding hydrogens is 382 g/mol. The number of aryl methyl sites for hydroxylation is 1. The number of hydrogen-bond acceptors (Lipinski definition) is 4. The number of amides is 1. The SMILES string of the molecule is Cc1ccc(-c2n[nH]c(=S)n2CC(=O)NCCCN(C)Cc2ccccc2)cc1. The highest BCUT2D eigenvalue weighted by Gasteiger charge is 2.12. The Balaban J connectivity index is 1.47. The van der Waals surface area contributed by atoms with E-state index in [1.54, 1.807) is 4.57 Å². The summed E-state index contributed by atoms with van der Waals surface area (Å²) in [5, 5.41) is 10.1. The van der Waals surface area contributed by atoms with E-state index in [0.717, 1.165) is 25.1 Å². The van der Waals surface area contributed by atoms with Gasteiger partial charge in [0, 0.05) is 18.7 Å². The molecule has 0 radical (unpaired) electrons. The van der Waals surface area contributed by atoms with Gasteiger partial charge >= 0.3 is 0 Å². The Morgan fingerprint density at radius 3 is 2.62 bits per heavy atom. The lowest BCUT2D eigenvalue weighted by atomic mass is 10.1. The fourth-order valence-electron chi connectivity index (χ4n) is 3.14. The van der Waals surface area contributed by atoms with E-state index in [1.165, 1.54) is 11.1 Å². The molecule has 1 amide bonds. The summed E-state index contributed by atoms with van der Waals surface area (Å²) in [4.78, 5) is 14.7. The second kappa shape index (κ2) is 10.1. The summed E-state index contributed by atoms with van der Waals surface area (Å²) in [7, 11) is 2.09. The van der Waals surface area contributed by atoms with Crippen molar-refractivity contribution in [2.45, 2.75) is 26.4 Å². The smallest absolute Gasteiger partial charge is 0.240 e. The van der Waals surface area contributed by atoms with Crippen LogP contribution < -0.4 is 5.32 Å². The van der Waals surface area contributed by atoms with E-state index in [4.69, 9.17) is 12.2 Å². The maximum Gasteiger partial charge on any atom is 0.240 e. The molecule has 3 aromatic rings. The summed E-state index contributed by atoms with van der Waals surface area (Å²) >= 11 is 5.31.